The molecule has 3 aromatic rings. The van der Waals surface area contributed by atoms with Gasteiger partial charge in [-0.05, 0) is 66.1 Å². The molecule has 0 spiro atoms. The minimum Gasteiger partial charge on any atom is -0.497 e. The second kappa shape index (κ2) is 12.3. The Labute approximate surface area is 213 Å². The summed E-state index contributed by atoms with van der Waals surface area (Å²) in [4.78, 5) is 17.1. The van der Waals surface area contributed by atoms with Crippen LogP contribution in [0.5, 0.6) is 17.2 Å². The number of hydrogen-bond acceptors (Lipinski definition) is 5. The zero-order valence-electron chi connectivity index (χ0n) is 21.3. The molecule has 0 bridgehead atoms. The number of carbonyl (C=O) groups is 1. The molecular weight excluding hydrogens is 452 g/mol. The number of hydrogen-bond donors (Lipinski definition) is 0. The van der Waals surface area contributed by atoms with E-state index in [0.29, 0.717) is 19.7 Å². The minimum atomic E-state index is 0.0319. The van der Waals surface area contributed by atoms with Gasteiger partial charge in [-0.15, -0.1) is 0 Å². The maximum Gasteiger partial charge on any atom is 0.246 e. The molecule has 0 atom stereocenters. The molecule has 0 unspecified atom stereocenters. The Balaban J connectivity index is 1.31. The van der Waals surface area contributed by atoms with Crippen molar-refractivity contribution < 1.29 is 19.0 Å². The van der Waals surface area contributed by atoms with E-state index in [1.165, 1.54) is 5.56 Å². The third-order valence-corrected chi connectivity index (χ3v) is 6.33. The van der Waals surface area contributed by atoms with Gasteiger partial charge in [0, 0.05) is 44.4 Å². The highest BCUT2D eigenvalue weighted by molar-refractivity contribution is 5.91. The van der Waals surface area contributed by atoms with E-state index in [1.54, 1.807) is 20.3 Å². The van der Waals surface area contributed by atoms with Crippen LogP contribution < -0.4 is 14.2 Å². The van der Waals surface area contributed by atoms with Gasteiger partial charge in [0.15, 0.2) is 0 Å². The summed E-state index contributed by atoms with van der Waals surface area (Å²) in [6.07, 6.45) is 3.52. The van der Waals surface area contributed by atoms with Crippen molar-refractivity contribution >= 4 is 12.0 Å². The van der Waals surface area contributed by atoms with E-state index >= 15 is 0 Å². The van der Waals surface area contributed by atoms with Crippen LogP contribution in [0.4, 0.5) is 0 Å². The van der Waals surface area contributed by atoms with Crippen molar-refractivity contribution in [2.75, 3.05) is 40.4 Å². The molecule has 0 saturated carbocycles. The lowest BCUT2D eigenvalue weighted by atomic mass is 10.1. The first kappa shape index (κ1) is 25.3. The van der Waals surface area contributed by atoms with E-state index in [9.17, 15) is 4.79 Å². The van der Waals surface area contributed by atoms with Gasteiger partial charge >= 0.3 is 0 Å². The average Bonchev–Trinajstić information content (AvgIpc) is 2.91. The van der Waals surface area contributed by atoms with Gasteiger partial charge in [0.1, 0.15) is 23.9 Å². The third-order valence-electron chi connectivity index (χ3n) is 6.33. The smallest absolute Gasteiger partial charge is 0.246 e. The fourth-order valence-corrected chi connectivity index (χ4v) is 4.31. The molecule has 0 aliphatic carbocycles. The van der Waals surface area contributed by atoms with Crippen molar-refractivity contribution in [3.8, 4) is 17.2 Å². The van der Waals surface area contributed by atoms with Crippen molar-refractivity contribution in [2.24, 2.45) is 0 Å². The Bertz CT molecular complexity index is 1200. The predicted octanol–water partition coefficient (Wildman–Crippen LogP) is 4.95. The summed E-state index contributed by atoms with van der Waals surface area (Å²) in [6, 6.07) is 22.0. The molecule has 36 heavy (non-hydrogen) atoms. The highest BCUT2D eigenvalue weighted by atomic mass is 16.5. The molecule has 0 radical (unpaired) electrons. The van der Waals surface area contributed by atoms with Crippen molar-refractivity contribution in [2.45, 2.75) is 20.1 Å². The lowest BCUT2D eigenvalue weighted by molar-refractivity contribution is -0.127. The molecule has 1 aliphatic heterocycles. The fraction of sp³-hybridized carbons (Fsp3) is 0.300. The van der Waals surface area contributed by atoms with Gasteiger partial charge in [-0.1, -0.05) is 30.3 Å². The standard InChI is InChI=1S/C30H34N2O4/c1-23-6-4-9-28(18-23)36-22-26-19-24(10-12-29(26)35-3)11-13-30(33)32-16-14-31(15-17-32)21-25-7-5-8-27(20-25)34-2/h4-13,18-20H,14-17,21-22H2,1-3H3/b13-11+. The molecule has 1 amide bonds. The van der Waals surface area contributed by atoms with Crippen molar-refractivity contribution in [3.63, 3.8) is 0 Å². The van der Waals surface area contributed by atoms with Crippen LogP contribution in [0, 0.1) is 6.92 Å². The van der Waals surface area contributed by atoms with Gasteiger partial charge < -0.3 is 19.1 Å². The molecule has 1 fully saturated rings. The van der Waals surface area contributed by atoms with Crippen LogP contribution in [0.3, 0.4) is 0 Å². The highest BCUT2D eigenvalue weighted by Crippen LogP contribution is 2.23. The fourth-order valence-electron chi connectivity index (χ4n) is 4.31. The van der Waals surface area contributed by atoms with E-state index in [4.69, 9.17) is 14.2 Å². The van der Waals surface area contributed by atoms with Crippen LogP contribution in [-0.4, -0.2) is 56.1 Å². The summed E-state index contributed by atoms with van der Waals surface area (Å²) in [7, 11) is 3.33. The quantitative estimate of drug-likeness (QED) is 0.401. The Morgan fingerprint density at radius 2 is 1.67 bits per heavy atom. The molecule has 1 heterocycles. The SMILES string of the molecule is COc1cccc(CN2CCN(C(=O)/C=C/c3ccc(OC)c(COc4cccc(C)c4)c3)CC2)c1. The third kappa shape index (κ3) is 6.89. The first-order chi connectivity index (χ1) is 17.5. The summed E-state index contributed by atoms with van der Waals surface area (Å²) >= 11 is 0. The number of methoxy groups -OCH3 is 2. The summed E-state index contributed by atoms with van der Waals surface area (Å²) < 4.78 is 16.8. The molecule has 6 heteroatoms. The number of carbonyl (C=O) groups excluding carboxylic acids is 1. The number of benzene rings is 3. The molecular formula is C30H34N2O4. The van der Waals surface area contributed by atoms with Gasteiger partial charge in [0.25, 0.3) is 0 Å². The van der Waals surface area contributed by atoms with Crippen molar-refractivity contribution in [3.05, 3.63) is 95.1 Å². The summed E-state index contributed by atoms with van der Waals surface area (Å²) in [6.45, 7) is 6.40. The van der Waals surface area contributed by atoms with Gasteiger partial charge in [-0.25, -0.2) is 0 Å². The zero-order valence-corrected chi connectivity index (χ0v) is 21.3. The summed E-state index contributed by atoms with van der Waals surface area (Å²) in [5.41, 5.74) is 4.23. The number of rotatable bonds is 9. The molecule has 4 rings (SSSR count). The van der Waals surface area contributed by atoms with Gasteiger partial charge in [0.05, 0.1) is 14.2 Å². The maximum atomic E-state index is 12.8. The number of amides is 1. The monoisotopic (exact) mass is 486 g/mol. The first-order valence-corrected chi connectivity index (χ1v) is 12.2. The first-order valence-electron chi connectivity index (χ1n) is 12.2. The van der Waals surface area contributed by atoms with E-state index in [1.807, 2.05) is 72.5 Å². The molecule has 3 aromatic carbocycles. The second-order valence-electron chi connectivity index (χ2n) is 8.96. The van der Waals surface area contributed by atoms with Crippen LogP contribution in [0.2, 0.25) is 0 Å². The number of aryl methyl sites for hydroxylation is 1. The Morgan fingerprint density at radius 1 is 0.889 bits per heavy atom. The highest BCUT2D eigenvalue weighted by Gasteiger charge is 2.19. The normalized spacial score (nSPS) is 14.1. The molecule has 1 saturated heterocycles. The average molecular weight is 487 g/mol. The van der Waals surface area contributed by atoms with Crippen LogP contribution in [0.1, 0.15) is 22.3 Å². The molecule has 6 nitrogen and oxygen atoms in total. The van der Waals surface area contributed by atoms with E-state index in [-0.39, 0.29) is 5.91 Å². The van der Waals surface area contributed by atoms with Gasteiger partial charge in [-0.2, -0.15) is 0 Å². The van der Waals surface area contributed by atoms with Gasteiger partial charge in [0.2, 0.25) is 5.91 Å². The van der Waals surface area contributed by atoms with Crippen LogP contribution in [-0.2, 0) is 17.9 Å². The van der Waals surface area contributed by atoms with Crippen LogP contribution in [0.25, 0.3) is 6.08 Å². The van der Waals surface area contributed by atoms with Gasteiger partial charge in [-0.3, -0.25) is 9.69 Å². The largest absolute Gasteiger partial charge is 0.497 e. The van der Waals surface area contributed by atoms with E-state index in [2.05, 4.69) is 17.0 Å². The topological polar surface area (TPSA) is 51.2 Å². The van der Waals surface area contributed by atoms with Crippen molar-refractivity contribution in [1.29, 1.82) is 0 Å². The van der Waals surface area contributed by atoms with Crippen molar-refractivity contribution in [1.82, 2.24) is 9.80 Å². The number of nitrogens with zero attached hydrogens (tertiary/aromatic N) is 2. The molecule has 188 valence electrons. The number of piperazine rings is 1. The Kier molecular flexibility index (Phi) is 8.63. The Morgan fingerprint density at radius 3 is 2.42 bits per heavy atom. The van der Waals surface area contributed by atoms with Crippen LogP contribution in [0.15, 0.2) is 72.8 Å². The second-order valence-corrected chi connectivity index (χ2v) is 8.96. The lowest BCUT2D eigenvalue weighted by Crippen LogP contribution is -2.47. The summed E-state index contributed by atoms with van der Waals surface area (Å²) in [5, 5.41) is 0. The lowest BCUT2D eigenvalue weighted by Gasteiger charge is -2.34. The molecule has 0 N–H and O–H groups in total. The van der Waals surface area contributed by atoms with Crippen LogP contribution >= 0.6 is 0 Å². The number of ether oxygens (including phenoxy) is 3. The summed E-state index contributed by atoms with van der Waals surface area (Å²) in [5.74, 6) is 2.48. The van der Waals surface area contributed by atoms with E-state index < -0.39 is 0 Å². The maximum absolute atomic E-state index is 12.8. The zero-order chi connectivity index (χ0) is 25.3. The predicted molar refractivity (Wildman–Crippen MR) is 142 cm³/mol. The minimum absolute atomic E-state index is 0.0319. The van der Waals surface area contributed by atoms with E-state index in [0.717, 1.165) is 53.6 Å². The Hall–Kier alpha value is -3.77. The molecule has 1 aliphatic rings. The molecule has 0 aromatic heterocycles.